The maximum Gasteiger partial charge on any atom is 0.221 e. The first-order chi connectivity index (χ1) is 6.09. The van der Waals surface area contributed by atoms with Gasteiger partial charge in [-0.15, -0.1) is 0 Å². The van der Waals surface area contributed by atoms with E-state index in [1.165, 1.54) is 31.2 Å². The molecule has 0 saturated heterocycles. The van der Waals surface area contributed by atoms with E-state index in [4.69, 9.17) is 0 Å². The number of hydrogen-bond donors (Lipinski definition) is 1. The number of benzene rings is 1. The number of carbonyl (C=O) groups excluding carboxylic acids is 1. The van der Waals surface area contributed by atoms with Crippen molar-refractivity contribution in [3.63, 3.8) is 0 Å². The molecule has 0 radical (unpaired) electrons. The lowest BCUT2D eigenvalue weighted by atomic mass is 10.3. The van der Waals surface area contributed by atoms with E-state index in [1.807, 2.05) is 0 Å². The number of anilines is 1. The van der Waals surface area contributed by atoms with Crippen molar-refractivity contribution in [2.45, 2.75) is 11.8 Å². The average Bonchev–Trinajstić information content (AvgIpc) is 2.04. The van der Waals surface area contributed by atoms with E-state index in [0.29, 0.717) is 5.69 Å². The zero-order chi connectivity index (χ0) is 9.84. The summed E-state index contributed by atoms with van der Waals surface area (Å²) < 4.78 is 20.9. The Hall–Kier alpha value is -1.20. The van der Waals surface area contributed by atoms with Crippen LogP contribution in [-0.4, -0.2) is 14.7 Å². The van der Waals surface area contributed by atoms with Crippen LogP contribution in [0.4, 0.5) is 5.69 Å². The van der Waals surface area contributed by atoms with E-state index in [9.17, 15) is 13.6 Å². The van der Waals surface area contributed by atoms with Crippen molar-refractivity contribution in [3.05, 3.63) is 24.3 Å². The van der Waals surface area contributed by atoms with Gasteiger partial charge in [0.1, 0.15) is 0 Å². The third kappa shape index (κ3) is 2.96. The third-order valence-corrected chi connectivity index (χ3v) is 2.02. The molecule has 1 aromatic rings. The average molecular weight is 198 g/mol. The molecule has 4 nitrogen and oxygen atoms in total. The first-order valence-corrected chi connectivity index (χ1v) is 4.64. The molecule has 1 unspecified atom stereocenters. The molecule has 0 aliphatic carbocycles. The van der Waals surface area contributed by atoms with Crippen LogP contribution in [-0.2, 0) is 15.9 Å². The molecule has 1 aromatic carbocycles. The van der Waals surface area contributed by atoms with Gasteiger partial charge in [-0.1, -0.05) is 0 Å². The lowest BCUT2D eigenvalue weighted by Gasteiger charge is -2.06. The van der Waals surface area contributed by atoms with Crippen LogP contribution in [0.25, 0.3) is 0 Å². The third-order valence-electron chi connectivity index (χ3n) is 1.37. The maximum atomic E-state index is 10.6. The van der Waals surface area contributed by atoms with E-state index in [2.05, 4.69) is 5.32 Å². The molecule has 0 bridgehead atoms. The molecule has 1 atom stereocenters. The van der Waals surface area contributed by atoms with E-state index >= 15 is 0 Å². The molecule has 0 fully saturated rings. The van der Waals surface area contributed by atoms with Crippen LogP contribution in [0.1, 0.15) is 6.92 Å². The number of nitrogens with one attached hydrogen (secondary N) is 1. The normalized spacial score (nSPS) is 12.2. The molecule has 0 aromatic heterocycles. The second kappa shape index (κ2) is 4.15. The molecule has 0 aliphatic heterocycles. The summed E-state index contributed by atoms with van der Waals surface area (Å²) in [5, 5.41) is 2.53. The molecular weight excluding hydrogens is 190 g/mol. The second-order valence-corrected chi connectivity index (χ2v) is 3.38. The Morgan fingerprint density at radius 1 is 1.38 bits per heavy atom. The predicted molar refractivity (Wildman–Crippen MR) is 47.9 cm³/mol. The number of carbonyl (C=O) groups is 1. The van der Waals surface area contributed by atoms with Gasteiger partial charge < -0.3 is 9.87 Å². The molecule has 0 spiro atoms. The molecule has 5 heteroatoms. The molecule has 1 N–H and O–H groups in total. The van der Waals surface area contributed by atoms with E-state index in [1.54, 1.807) is 0 Å². The molecule has 70 valence electrons. The molecule has 13 heavy (non-hydrogen) atoms. The van der Waals surface area contributed by atoms with Gasteiger partial charge in [0, 0.05) is 17.5 Å². The smallest absolute Gasteiger partial charge is 0.221 e. The molecule has 1 amide bonds. The van der Waals surface area contributed by atoms with Crippen LogP contribution in [0, 0.1) is 0 Å². The van der Waals surface area contributed by atoms with Crippen molar-refractivity contribution in [1.29, 1.82) is 0 Å². The highest BCUT2D eigenvalue weighted by atomic mass is 32.2. The van der Waals surface area contributed by atoms with Gasteiger partial charge in [0.05, 0.1) is 0 Å². The predicted octanol–water partition coefficient (Wildman–Crippen LogP) is 0.883. The Labute approximate surface area is 78.3 Å². The maximum absolute atomic E-state index is 10.6. The summed E-state index contributed by atoms with van der Waals surface area (Å²) in [5.74, 6) is -0.184. The van der Waals surface area contributed by atoms with E-state index in [-0.39, 0.29) is 10.8 Å². The minimum absolute atomic E-state index is 0.184. The number of rotatable bonds is 2. The van der Waals surface area contributed by atoms with Crippen LogP contribution in [0.15, 0.2) is 29.2 Å². The monoisotopic (exact) mass is 198 g/mol. The van der Waals surface area contributed by atoms with Crippen LogP contribution < -0.4 is 5.32 Å². The Kier molecular flexibility index (Phi) is 3.16. The fourth-order valence-corrected chi connectivity index (χ4v) is 1.21. The quantitative estimate of drug-likeness (QED) is 0.717. The zero-order valence-electron chi connectivity index (χ0n) is 6.94. The minimum atomic E-state index is -2.21. The fourth-order valence-electron chi connectivity index (χ4n) is 0.853. The van der Waals surface area contributed by atoms with Crippen molar-refractivity contribution in [2.75, 3.05) is 5.32 Å². The Bertz CT molecular complexity index is 334. The van der Waals surface area contributed by atoms with Crippen molar-refractivity contribution in [3.8, 4) is 0 Å². The summed E-state index contributed by atoms with van der Waals surface area (Å²) in [6, 6.07) is 5.92. The molecule has 0 saturated carbocycles. The van der Waals surface area contributed by atoms with Gasteiger partial charge in [-0.2, -0.15) is 0 Å². The summed E-state index contributed by atoms with van der Waals surface area (Å²) in [6.07, 6.45) is 0. The van der Waals surface area contributed by atoms with Gasteiger partial charge >= 0.3 is 0 Å². The first kappa shape index (κ1) is 9.88. The minimum Gasteiger partial charge on any atom is -0.768 e. The van der Waals surface area contributed by atoms with Crippen LogP contribution >= 0.6 is 0 Å². The lowest BCUT2D eigenvalue weighted by Crippen LogP contribution is -2.05. The molecule has 0 aliphatic rings. The van der Waals surface area contributed by atoms with Gasteiger partial charge in [0.15, 0.2) is 0 Å². The molecular formula is C8H8NO3S-. The van der Waals surface area contributed by atoms with Gasteiger partial charge in [-0.05, 0) is 35.3 Å². The van der Waals surface area contributed by atoms with Gasteiger partial charge in [-0.3, -0.25) is 9.00 Å². The standard InChI is InChI=1S/C8H9NO3S/c1-6(10)9-7-2-4-8(5-3-7)13(11)12/h2-5H,1H3,(H,9,10)(H,11,12)/p-1. The summed E-state index contributed by atoms with van der Waals surface area (Å²) in [7, 11) is 0. The highest BCUT2D eigenvalue weighted by Crippen LogP contribution is 2.11. The summed E-state index contributed by atoms with van der Waals surface area (Å²) in [6.45, 7) is 1.39. The lowest BCUT2D eigenvalue weighted by molar-refractivity contribution is -0.114. The largest absolute Gasteiger partial charge is 0.768 e. The Morgan fingerprint density at radius 3 is 2.31 bits per heavy atom. The van der Waals surface area contributed by atoms with Gasteiger partial charge in [0.2, 0.25) is 5.91 Å². The van der Waals surface area contributed by atoms with Crippen molar-refractivity contribution < 1.29 is 13.6 Å². The molecule has 0 heterocycles. The van der Waals surface area contributed by atoms with Crippen molar-refractivity contribution >= 4 is 22.7 Å². The number of hydrogen-bond acceptors (Lipinski definition) is 3. The van der Waals surface area contributed by atoms with Crippen LogP contribution in [0.2, 0.25) is 0 Å². The van der Waals surface area contributed by atoms with E-state index < -0.39 is 11.1 Å². The second-order valence-electron chi connectivity index (χ2n) is 2.44. The Balaban J connectivity index is 2.81. The topological polar surface area (TPSA) is 69.2 Å². The van der Waals surface area contributed by atoms with Crippen LogP contribution in [0.5, 0.6) is 0 Å². The highest BCUT2D eigenvalue weighted by molar-refractivity contribution is 7.79. The van der Waals surface area contributed by atoms with Crippen molar-refractivity contribution in [1.82, 2.24) is 0 Å². The number of amides is 1. The summed E-state index contributed by atoms with van der Waals surface area (Å²) in [4.78, 5) is 10.8. The van der Waals surface area contributed by atoms with Crippen molar-refractivity contribution in [2.24, 2.45) is 0 Å². The van der Waals surface area contributed by atoms with Gasteiger partial charge in [0.25, 0.3) is 0 Å². The first-order valence-electron chi connectivity index (χ1n) is 3.56. The SMILES string of the molecule is CC(=O)Nc1ccc(S(=O)[O-])cc1. The molecule has 1 rings (SSSR count). The van der Waals surface area contributed by atoms with E-state index in [0.717, 1.165) is 0 Å². The van der Waals surface area contributed by atoms with Crippen LogP contribution in [0.3, 0.4) is 0 Å². The Morgan fingerprint density at radius 2 is 1.92 bits per heavy atom. The summed E-state index contributed by atoms with van der Waals surface area (Å²) >= 11 is -2.21. The summed E-state index contributed by atoms with van der Waals surface area (Å²) in [5.41, 5.74) is 0.585. The fraction of sp³-hybridized carbons (Fsp3) is 0.125. The van der Waals surface area contributed by atoms with Gasteiger partial charge in [-0.25, -0.2) is 0 Å². The zero-order valence-corrected chi connectivity index (χ0v) is 7.76. The highest BCUT2D eigenvalue weighted by Gasteiger charge is 1.95.